The molecular formula is C26H19NO5S. The van der Waals surface area contributed by atoms with Gasteiger partial charge < -0.3 is 9.47 Å². The standard InChI is InChI=1S/C19H13NO3S.C7H6O2/c21-18-17(16-11-6-12-24-16)14-9-4-5-10-15(14)20(18)19(22)23-13-7-2-1-3-8-13;8-6-9-7-4-2-1-3-5-7/h1-12,17H;1-6H/t17-;/m0./s1. The summed E-state index contributed by atoms with van der Waals surface area (Å²) in [4.78, 5) is 37.3. The normalized spacial score (nSPS) is 14.0. The second-order valence-electron chi connectivity index (χ2n) is 6.89. The van der Waals surface area contributed by atoms with E-state index in [-0.39, 0.29) is 5.91 Å². The molecule has 1 atom stereocenters. The van der Waals surface area contributed by atoms with Crippen LogP contribution in [0.15, 0.2) is 102 Å². The molecule has 33 heavy (non-hydrogen) atoms. The molecule has 3 aromatic carbocycles. The fourth-order valence-corrected chi connectivity index (χ4v) is 4.26. The number of hydrogen-bond donors (Lipinski definition) is 0. The lowest BCUT2D eigenvalue weighted by atomic mass is 9.99. The smallest absolute Gasteiger partial charge is 0.426 e. The van der Waals surface area contributed by atoms with Crippen LogP contribution in [-0.4, -0.2) is 18.5 Å². The second-order valence-corrected chi connectivity index (χ2v) is 7.87. The van der Waals surface area contributed by atoms with Gasteiger partial charge in [0.1, 0.15) is 17.4 Å². The van der Waals surface area contributed by atoms with Crippen LogP contribution in [0.25, 0.3) is 0 Å². The number of fused-ring (bicyclic) bond motifs is 1. The maximum absolute atomic E-state index is 12.9. The molecule has 5 rings (SSSR count). The number of ether oxygens (including phenoxy) is 2. The van der Waals surface area contributed by atoms with E-state index in [4.69, 9.17) is 4.74 Å². The average molecular weight is 458 g/mol. The summed E-state index contributed by atoms with van der Waals surface area (Å²) < 4.78 is 9.89. The molecule has 0 N–H and O–H groups in total. The van der Waals surface area contributed by atoms with Gasteiger partial charge in [-0.15, -0.1) is 11.3 Å². The van der Waals surface area contributed by atoms with Crippen LogP contribution in [0.2, 0.25) is 0 Å². The summed E-state index contributed by atoms with van der Waals surface area (Å²) in [6, 6.07) is 28.8. The number of anilines is 1. The van der Waals surface area contributed by atoms with E-state index >= 15 is 0 Å². The fourth-order valence-electron chi connectivity index (χ4n) is 3.42. The van der Waals surface area contributed by atoms with Crippen LogP contribution < -0.4 is 14.4 Å². The Morgan fingerprint density at radius 2 is 1.45 bits per heavy atom. The molecule has 0 aliphatic carbocycles. The first-order chi connectivity index (χ1) is 16.2. The monoisotopic (exact) mass is 457 g/mol. The predicted molar refractivity (Wildman–Crippen MR) is 126 cm³/mol. The number of para-hydroxylation sites is 3. The van der Waals surface area contributed by atoms with Crippen molar-refractivity contribution in [3.8, 4) is 11.5 Å². The minimum absolute atomic E-state index is 0.278. The highest BCUT2D eigenvalue weighted by Gasteiger charge is 2.42. The predicted octanol–water partition coefficient (Wildman–Crippen LogP) is 5.65. The number of nitrogens with zero attached hydrogens (tertiary/aromatic N) is 1. The first kappa shape index (κ1) is 22.0. The second kappa shape index (κ2) is 10.4. The molecule has 0 spiro atoms. The van der Waals surface area contributed by atoms with E-state index in [9.17, 15) is 14.4 Å². The average Bonchev–Trinajstić information content (AvgIpc) is 3.46. The number of hydrogen-bond acceptors (Lipinski definition) is 6. The number of amides is 2. The molecule has 0 radical (unpaired) electrons. The molecule has 1 aromatic heterocycles. The van der Waals surface area contributed by atoms with Crippen molar-refractivity contribution in [3.63, 3.8) is 0 Å². The van der Waals surface area contributed by atoms with Gasteiger partial charge in [0, 0.05) is 4.88 Å². The summed E-state index contributed by atoms with van der Waals surface area (Å²) in [6.07, 6.45) is -0.683. The van der Waals surface area contributed by atoms with Gasteiger partial charge in [-0.05, 0) is 47.3 Å². The zero-order valence-corrected chi connectivity index (χ0v) is 18.2. The molecule has 2 heterocycles. The van der Waals surface area contributed by atoms with E-state index in [0.717, 1.165) is 15.3 Å². The van der Waals surface area contributed by atoms with Crippen molar-refractivity contribution >= 4 is 35.5 Å². The van der Waals surface area contributed by atoms with Crippen molar-refractivity contribution in [2.75, 3.05) is 4.90 Å². The highest BCUT2D eigenvalue weighted by Crippen LogP contribution is 2.42. The van der Waals surface area contributed by atoms with Crippen molar-refractivity contribution in [3.05, 3.63) is 113 Å². The van der Waals surface area contributed by atoms with E-state index in [1.807, 2.05) is 47.8 Å². The van der Waals surface area contributed by atoms with Gasteiger partial charge in [0.15, 0.2) is 0 Å². The molecule has 164 valence electrons. The quantitative estimate of drug-likeness (QED) is 0.371. The number of benzene rings is 3. The SMILES string of the molecule is O=C(Oc1ccccc1)N1C(=O)[C@H](c2cccs2)c2ccccc21.O=COc1ccccc1. The lowest BCUT2D eigenvalue weighted by Gasteiger charge is -2.15. The number of carbonyl (C=O) groups is 3. The van der Waals surface area contributed by atoms with E-state index in [0.29, 0.717) is 23.7 Å². The van der Waals surface area contributed by atoms with Crippen LogP contribution in [0, 0.1) is 0 Å². The summed E-state index contributed by atoms with van der Waals surface area (Å²) in [6.45, 7) is 0.412. The van der Waals surface area contributed by atoms with Crippen molar-refractivity contribution < 1.29 is 23.9 Å². The third kappa shape index (κ3) is 4.99. The third-order valence-electron chi connectivity index (χ3n) is 4.84. The number of carbonyl (C=O) groups excluding carboxylic acids is 3. The Kier molecular flexibility index (Phi) is 6.92. The Morgan fingerprint density at radius 1 is 0.818 bits per heavy atom. The maximum atomic E-state index is 12.9. The summed E-state index contributed by atoms with van der Waals surface area (Å²) in [5, 5.41) is 1.93. The Balaban J connectivity index is 0.000000243. The summed E-state index contributed by atoms with van der Waals surface area (Å²) >= 11 is 1.51. The minimum Gasteiger partial charge on any atom is -0.429 e. The van der Waals surface area contributed by atoms with Crippen molar-refractivity contribution in [2.45, 2.75) is 5.92 Å². The van der Waals surface area contributed by atoms with Gasteiger partial charge in [-0.3, -0.25) is 9.59 Å². The molecule has 1 aliphatic heterocycles. The van der Waals surface area contributed by atoms with E-state index < -0.39 is 12.0 Å². The van der Waals surface area contributed by atoms with Gasteiger partial charge in [-0.1, -0.05) is 60.7 Å². The van der Waals surface area contributed by atoms with Gasteiger partial charge in [-0.2, -0.15) is 0 Å². The summed E-state index contributed by atoms with van der Waals surface area (Å²) in [7, 11) is 0. The Bertz CT molecular complexity index is 1230. The zero-order chi connectivity index (χ0) is 23.0. The van der Waals surface area contributed by atoms with E-state index in [2.05, 4.69) is 4.74 Å². The molecule has 1 aliphatic rings. The zero-order valence-electron chi connectivity index (χ0n) is 17.4. The molecule has 7 heteroatoms. The van der Waals surface area contributed by atoms with Gasteiger partial charge >= 0.3 is 6.09 Å². The van der Waals surface area contributed by atoms with Crippen LogP contribution in [-0.2, 0) is 9.59 Å². The van der Waals surface area contributed by atoms with Gasteiger partial charge in [0.25, 0.3) is 6.47 Å². The lowest BCUT2D eigenvalue weighted by molar-refractivity contribution is -0.120. The molecule has 0 saturated carbocycles. The molecule has 0 saturated heterocycles. The molecule has 0 unspecified atom stereocenters. The van der Waals surface area contributed by atoms with Crippen LogP contribution in [0.1, 0.15) is 16.4 Å². The Morgan fingerprint density at radius 3 is 2.09 bits per heavy atom. The first-order valence-corrected chi connectivity index (χ1v) is 11.0. The first-order valence-electron chi connectivity index (χ1n) is 10.1. The third-order valence-corrected chi connectivity index (χ3v) is 5.78. The summed E-state index contributed by atoms with van der Waals surface area (Å²) in [5.41, 5.74) is 1.41. The molecule has 4 aromatic rings. The van der Waals surface area contributed by atoms with E-state index in [1.165, 1.54) is 11.3 Å². The van der Waals surface area contributed by atoms with Gasteiger partial charge in [-0.25, -0.2) is 9.69 Å². The van der Waals surface area contributed by atoms with Crippen LogP contribution in [0.5, 0.6) is 11.5 Å². The number of imide groups is 1. The number of rotatable bonds is 4. The van der Waals surface area contributed by atoms with Crippen LogP contribution in [0.4, 0.5) is 10.5 Å². The molecule has 0 fully saturated rings. The van der Waals surface area contributed by atoms with Gasteiger partial charge in [0.05, 0.1) is 5.69 Å². The minimum atomic E-state index is -0.683. The molecular weight excluding hydrogens is 438 g/mol. The van der Waals surface area contributed by atoms with Crippen LogP contribution >= 0.6 is 11.3 Å². The highest BCUT2D eigenvalue weighted by molar-refractivity contribution is 7.10. The number of thiophene rings is 1. The van der Waals surface area contributed by atoms with Crippen molar-refractivity contribution in [2.24, 2.45) is 0 Å². The molecule has 2 amide bonds. The topological polar surface area (TPSA) is 72.9 Å². The van der Waals surface area contributed by atoms with E-state index in [1.54, 1.807) is 54.6 Å². The van der Waals surface area contributed by atoms with Crippen molar-refractivity contribution in [1.82, 2.24) is 0 Å². The Hall–Kier alpha value is -4.23. The summed E-state index contributed by atoms with van der Waals surface area (Å²) in [5.74, 6) is 0.254. The lowest BCUT2D eigenvalue weighted by Crippen LogP contribution is -2.37. The molecule has 6 nitrogen and oxygen atoms in total. The highest BCUT2D eigenvalue weighted by atomic mass is 32.1. The largest absolute Gasteiger partial charge is 0.429 e. The molecule has 0 bridgehead atoms. The van der Waals surface area contributed by atoms with Crippen LogP contribution in [0.3, 0.4) is 0 Å². The maximum Gasteiger partial charge on any atom is 0.426 e. The fraction of sp³-hybridized carbons (Fsp3) is 0.0385. The van der Waals surface area contributed by atoms with Gasteiger partial charge in [0.2, 0.25) is 5.91 Å². The van der Waals surface area contributed by atoms with Crippen molar-refractivity contribution in [1.29, 1.82) is 0 Å². The Labute approximate surface area is 194 Å².